The largest absolute Gasteiger partial charge is 0.490 e. The van der Waals surface area contributed by atoms with Crippen molar-refractivity contribution in [2.24, 2.45) is 0 Å². The van der Waals surface area contributed by atoms with Crippen molar-refractivity contribution in [2.45, 2.75) is 44.6 Å². The highest BCUT2D eigenvalue weighted by molar-refractivity contribution is 7.11. The molecule has 3 heterocycles. The Morgan fingerprint density at radius 2 is 2.04 bits per heavy atom. The summed E-state index contributed by atoms with van der Waals surface area (Å²) >= 11 is 1.86. The first kappa shape index (κ1) is 21.6. The van der Waals surface area contributed by atoms with Gasteiger partial charge in [0.05, 0.1) is 6.61 Å². The van der Waals surface area contributed by atoms with Crippen molar-refractivity contribution in [3.8, 4) is 0 Å². The van der Waals surface area contributed by atoms with Crippen LogP contribution in [0.4, 0.5) is 13.2 Å². The van der Waals surface area contributed by atoms with Gasteiger partial charge in [0.1, 0.15) is 0 Å². The predicted octanol–water partition coefficient (Wildman–Crippen LogP) is 2.51. The Labute approximate surface area is 159 Å². The highest BCUT2D eigenvalue weighted by Gasteiger charge is 2.46. The fraction of sp³-hybridized carbons (Fsp3) is 0.647. The second kappa shape index (κ2) is 9.03. The molecule has 0 aromatic carbocycles. The minimum absolute atomic E-state index is 0.295. The van der Waals surface area contributed by atoms with Gasteiger partial charge >= 0.3 is 12.1 Å². The van der Waals surface area contributed by atoms with E-state index in [0.29, 0.717) is 31.0 Å². The maximum Gasteiger partial charge on any atom is 0.490 e. The molecule has 1 N–H and O–H groups in total. The molecule has 2 saturated heterocycles. The monoisotopic (exact) mass is 408 g/mol. The van der Waals surface area contributed by atoms with Crippen LogP contribution in [0, 0.1) is 6.92 Å². The van der Waals surface area contributed by atoms with Crippen LogP contribution in [-0.2, 0) is 20.9 Å². The van der Waals surface area contributed by atoms with Crippen LogP contribution in [0.15, 0.2) is 12.1 Å². The van der Waals surface area contributed by atoms with Gasteiger partial charge in [-0.2, -0.15) is 13.2 Å². The smallest absolute Gasteiger partial charge is 0.475 e. The molecule has 0 bridgehead atoms. The molecule has 2 aliphatic rings. The van der Waals surface area contributed by atoms with E-state index in [-0.39, 0.29) is 0 Å². The minimum Gasteiger partial charge on any atom is -0.475 e. The van der Waals surface area contributed by atoms with E-state index in [0.717, 1.165) is 26.1 Å². The van der Waals surface area contributed by atoms with Gasteiger partial charge in [0.2, 0.25) is 5.91 Å². The van der Waals surface area contributed by atoms with Crippen LogP contribution in [0.1, 0.15) is 22.6 Å². The summed E-state index contributed by atoms with van der Waals surface area (Å²) in [5.74, 6) is -2.46. The van der Waals surface area contributed by atoms with Crippen LogP contribution in [0.25, 0.3) is 0 Å². The molecule has 6 nitrogen and oxygen atoms in total. The summed E-state index contributed by atoms with van der Waals surface area (Å²) in [6, 6.07) is 5.20. The Morgan fingerprint density at radius 3 is 2.56 bits per heavy atom. The zero-order valence-corrected chi connectivity index (χ0v) is 16.0. The topological polar surface area (TPSA) is 70.1 Å². The van der Waals surface area contributed by atoms with Crippen molar-refractivity contribution < 1.29 is 32.6 Å². The van der Waals surface area contributed by atoms with Crippen molar-refractivity contribution in [2.75, 3.05) is 26.8 Å². The SMILES string of the molecule is COCCN1C(=O)C[C@H]2[C@@H]1CCN2Cc1ccc(C)s1.O=C(O)C(F)(F)F. The fourth-order valence-corrected chi connectivity index (χ4v) is 4.37. The number of likely N-dealkylation sites (tertiary alicyclic amines) is 2. The average Bonchev–Trinajstić information content (AvgIpc) is 3.23. The number of hydrogen-bond donors (Lipinski definition) is 1. The molecule has 2 aliphatic heterocycles. The second-order valence-electron chi connectivity index (χ2n) is 6.49. The van der Waals surface area contributed by atoms with E-state index in [4.69, 9.17) is 14.6 Å². The van der Waals surface area contributed by atoms with Crippen LogP contribution in [0.5, 0.6) is 0 Å². The summed E-state index contributed by atoms with van der Waals surface area (Å²) in [5, 5.41) is 7.12. The molecule has 1 aromatic heterocycles. The molecule has 0 radical (unpaired) electrons. The van der Waals surface area contributed by atoms with E-state index in [1.165, 1.54) is 9.75 Å². The lowest BCUT2D eigenvalue weighted by molar-refractivity contribution is -0.192. The fourth-order valence-electron chi connectivity index (χ4n) is 3.46. The van der Waals surface area contributed by atoms with E-state index >= 15 is 0 Å². The van der Waals surface area contributed by atoms with Crippen molar-refractivity contribution in [1.82, 2.24) is 9.80 Å². The number of carboxylic acids is 1. The molecular weight excluding hydrogens is 385 g/mol. The quantitative estimate of drug-likeness (QED) is 0.811. The summed E-state index contributed by atoms with van der Waals surface area (Å²) in [5.41, 5.74) is 0. The van der Waals surface area contributed by atoms with Crippen molar-refractivity contribution in [1.29, 1.82) is 0 Å². The number of nitrogens with zero attached hydrogens (tertiary/aromatic N) is 2. The minimum atomic E-state index is -5.08. The van der Waals surface area contributed by atoms with Crippen LogP contribution >= 0.6 is 11.3 Å². The van der Waals surface area contributed by atoms with E-state index in [2.05, 4.69) is 24.0 Å². The molecule has 2 fully saturated rings. The Hall–Kier alpha value is -1.65. The summed E-state index contributed by atoms with van der Waals surface area (Å²) in [7, 11) is 1.69. The van der Waals surface area contributed by atoms with Gasteiger partial charge in [0.15, 0.2) is 0 Å². The number of carboxylic acid groups (broad SMARTS) is 1. The highest BCUT2D eigenvalue weighted by Crippen LogP contribution is 2.34. The van der Waals surface area contributed by atoms with E-state index in [9.17, 15) is 18.0 Å². The molecule has 1 amide bonds. The Kier molecular flexibility index (Phi) is 7.24. The van der Waals surface area contributed by atoms with Gasteiger partial charge in [-0.15, -0.1) is 11.3 Å². The molecule has 0 saturated carbocycles. The molecule has 0 spiro atoms. The lowest BCUT2D eigenvalue weighted by Crippen LogP contribution is -2.38. The summed E-state index contributed by atoms with van der Waals surface area (Å²) in [4.78, 5) is 28.3. The van der Waals surface area contributed by atoms with E-state index in [1.807, 2.05) is 16.2 Å². The van der Waals surface area contributed by atoms with Gasteiger partial charge in [0, 0.05) is 55.0 Å². The predicted molar refractivity (Wildman–Crippen MR) is 93.6 cm³/mol. The number of halogens is 3. The molecule has 27 heavy (non-hydrogen) atoms. The third-order valence-electron chi connectivity index (χ3n) is 4.66. The number of aliphatic carboxylic acids is 1. The lowest BCUT2D eigenvalue weighted by atomic mass is 10.1. The third-order valence-corrected chi connectivity index (χ3v) is 5.65. The molecule has 152 valence electrons. The number of carbonyl (C=O) groups is 2. The number of carbonyl (C=O) groups excluding carboxylic acids is 1. The molecule has 10 heteroatoms. The normalized spacial score (nSPS) is 22.6. The van der Waals surface area contributed by atoms with Crippen molar-refractivity contribution in [3.63, 3.8) is 0 Å². The zero-order valence-electron chi connectivity index (χ0n) is 15.2. The molecule has 0 unspecified atom stereocenters. The summed E-state index contributed by atoms with van der Waals surface area (Å²) < 4.78 is 36.9. The number of aryl methyl sites for hydroxylation is 1. The van der Waals surface area contributed by atoms with Gasteiger partial charge in [-0.05, 0) is 25.5 Å². The maximum absolute atomic E-state index is 12.1. The molecular formula is C17H23F3N2O4S. The molecule has 1 aromatic rings. The van der Waals surface area contributed by atoms with Gasteiger partial charge < -0.3 is 14.7 Å². The third kappa shape index (κ3) is 5.66. The Morgan fingerprint density at radius 1 is 1.37 bits per heavy atom. The van der Waals surface area contributed by atoms with Gasteiger partial charge in [0.25, 0.3) is 0 Å². The van der Waals surface area contributed by atoms with E-state index < -0.39 is 12.1 Å². The van der Waals surface area contributed by atoms with Gasteiger partial charge in [-0.25, -0.2) is 4.79 Å². The van der Waals surface area contributed by atoms with Gasteiger partial charge in [-0.1, -0.05) is 0 Å². The second-order valence-corrected chi connectivity index (χ2v) is 7.87. The first-order valence-corrected chi connectivity index (χ1v) is 9.33. The molecule has 2 atom stereocenters. The van der Waals surface area contributed by atoms with Crippen LogP contribution in [0.3, 0.4) is 0 Å². The number of amides is 1. The molecule has 0 aliphatic carbocycles. The van der Waals surface area contributed by atoms with Gasteiger partial charge in [-0.3, -0.25) is 9.69 Å². The van der Waals surface area contributed by atoms with Crippen molar-refractivity contribution in [3.05, 3.63) is 21.9 Å². The summed E-state index contributed by atoms with van der Waals surface area (Å²) in [6.45, 7) is 5.61. The Balaban J connectivity index is 0.000000321. The van der Waals surface area contributed by atoms with Crippen LogP contribution in [-0.4, -0.2) is 71.8 Å². The number of methoxy groups -OCH3 is 1. The standard InChI is InChI=1S/C15H22N2O2S.C2HF3O2/c1-11-3-4-12(20-11)10-16-6-5-13-14(16)9-15(18)17(13)7-8-19-2;3-2(4,5)1(6)7/h3-4,13-14H,5-10H2,1-2H3;(H,6,7)/t13-,14-;/m0./s1. The number of rotatable bonds is 5. The molecule has 3 rings (SSSR count). The number of alkyl halides is 3. The summed E-state index contributed by atoms with van der Waals surface area (Å²) in [6.07, 6.45) is -3.30. The zero-order chi connectivity index (χ0) is 20.2. The first-order chi connectivity index (χ1) is 12.6. The lowest BCUT2D eigenvalue weighted by Gasteiger charge is -2.25. The number of ether oxygens (including phenoxy) is 1. The van der Waals surface area contributed by atoms with E-state index in [1.54, 1.807) is 7.11 Å². The number of fused-ring (bicyclic) bond motifs is 1. The number of hydrogen-bond acceptors (Lipinski definition) is 5. The maximum atomic E-state index is 12.1. The highest BCUT2D eigenvalue weighted by atomic mass is 32.1. The first-order valence-electron chi connectivity index (χ1n) is 8.51. The van der Waals surface area contributed by atoms with Crippen LogP contribution < -0.4 is 0 Å². The van der Waals surface area contributed by atoms with Crippen LogP contribution in [0.2, 0.25) is 0 Å². The number of thiophene rings is 1. The average molecular weight is 408 g/mol. The van der Waals surface area contributed by atoms with Crippen molar-refractivity contribution >= 4 is 23.2 Å². The Bertz CT molecular complexity index is 665.